The summed E-state index contributed by atoms with van der Waals surface area (Å²) in [5.74, 6) is -1.07. The van der Waals surface area contributed by atoms with Gasteiger partial charge in [0, 0.05) is 5.39 Å². The molecule has 0 aromatic heterocycles. The summed E-state index contributed by atoms with van der Waals surface area (Å²) in [5.41, 5.74) is 0. The van der Waals surface area contributed by atoms with Crippen molar-refractivity contribution < 1.29 is 34.7 Å². The number of carbonyl (C=O) groups is 1. The summed E-state index contributed by atoms with van der Waals surface area (Å²) < 4.78 is 10.7. The van der Waals surface area contributed by atoms with Crippen LogP contribution < -0.4 is 4.74 Å². The van der Waals surface area contributed by atoms with Gasteiger partial charge in [0.05, 0.1) is 0 Å². The fraction of sp³-hybridized carbons (Fsp3) is 0.312. The molecule has 0 unspecified atom stereocenters. The Balaban J connectivity index is 1.90. The van der Waals surface area contributed by atoms with Crippen LogP contribution in [0.5, 0.6) is 5.75 Å². The van der Waals surface area contributed by atoms with Gasteiger partial charge in [-0.05, 0) is 11.5 Å². The molecule has 7 heteroatoms. The molecule has 1 fully saturated rings. The minimum atomic E-state index is -1.74. The molecule has 0 amide bonds. The van der Waals surface area contributed by atoms with E-state index in [1.807, 2.05) is 24.3 Å². The molecular formula is C16H16O7. The lowest BCUT2D eigenvalue weighted by atomic mass is 9.99. The molecule has 0 spiro atoms. The van der Waals surface area contributed by atoms with Gasteiger partial charge in [0.1, 0.15) is 24.1 Å². The number of aliphatic hydroxyl groups excluding tert-OH is 3. The lowest BCUT2D eigenvalue weighted by Gasteiger charge is -2.38. The smallest absolute Gasteiger partial charge is 0.335 e. The summed E-state index contributed by atoms with van der Waals surface area (Å²) in [6.45, 7) is 0. The Kier molecular flexibility index (Phi) is 4.18. The van der Waals surface area contributed by atoms with Gasteiger partial charge in [-0.3, -0.25) is 0 Å². The second kappa shape index (κ2) is 6.13. The molecule has 0 bridgehead atoms. The normalized spacial score (nSPS) is 31.0. The van der Waals surface area contributed by atoms with Crippen LogP contribution in [-0.2, 0) is 9.53 Å². The molecule has 4 N–H and O–H groups in total. The molecule has 7 nitrogen and oxygen atoms in total. The van der Waals surface area contributed by atoms with E-state index in [9.17, 15) is 20.1 Å². The standard InChI is InChI=1S/C16H16O7/c17-11-12(18)14(15(20)21)23-16(13(11)19)22-10-7-3-5-8-4-1-2-6-9(8)10/h1-7,11-14,16-19H,(H,20,21)/t11-,12+,13+,14+,16+/m0/s1. The molecule has 122 valence electrons. The molecule has 2 aromatic rings. The van der Waals surface area contributed by atoms with Gasteiger partial charge in [-0.15, -0.1) is 0 Å². The highest BCUT2D eigenvalue weighted by Crippen LogP contribution is 2.29. The van der Waals surface area contributed by atoms with E-state index >= 15 is 0 Å². The van der Waals surface area contributed by atoms with Crippen molar-refractivity contribution in [2.24, 2.45) is 0 Å². The van der Waals surface area contributed by atoms with Gasteiger partial charge in [-0.2, -0.15) is 0 Å². The average molecular weight is 320 g/mol. The molecule has 23 heavy (non-hydrogen) atoms. The molecule has 1 heterocycles. The van der Waals surface area contributed by atoms with Crippen molar-refractivity contribution in [2.45, 2.75) is 30.7 Å². The van der Waals surface area contributed by atoms with Crippen LogP contribution in [-0.4, -0.2) is 57.1 Å². The third-order valence-electron chi connectivity index (χ3n) is 3.81. The maximum absolute atomic E-state index is 11.1. The van der Waals surface area contributed by atoms with Gasteiger partial charge in [0.15, 0.2) is 6.10 Å². The van der Waals surface area contributed by atoms with E-state index in [0.29, 0.717) is 5.75 Å². The summed E-state index contributed by atoms with van der Waals surface area (Å²) in [4.78, 5) is 11.1. The zero-order chi connectivity index (χ0) is 16.6. The highest BCUT2D eigenvalue weighted by molar-refractivity contribution is 5.88. The predicted octanol–water partition coefficient (Wildman–Crippen LogP) is 0.111. The first kappa shape index (κ1) is 15.7. The monoisotopic (exact) mass is 320 g/mol. The fourth-order valence-electron chi connectivity index (χ4n) is 2.57. The predicted molar refractivity (Wildman–Crippen MR) is 78.9 cm³/mol. The number of hydrogen-bond acceptors (Lipinski definition) is 6. The van der Waals surface area contributed by atoms with Crippen LogP contribution in [0.2, 0.25) is 0 Å². The fourth-order valence-corrected chi connectivity index (χ4v) is 2.57. The average Bonchev–Trinajstić information content (AvgIpc) is 2.55. The highest BCUT2D eigenvalue weighted by atomic mass is 16.7. The molecule has 1 saturated heterocycles. The number of aliphatic carboxylic acids is 1. The van der Waals surface area contributed by atoms with Gasteiger partial charge >= 0.3 is 5.97 Å². The zero-order valence-corrected chi connectivity index (χ0v) is 11.9. The second-order valence-corrected chi connectivity index (χ2v) is 5.33. The number of fused-ring (bicyclic) bond motifs is 1. The Morgan fingerprint density at radius 1 is 0.957 bits per heavy atom. The van der Waals surface area contributed by atoms with Crippen LogP contribution in [0.4, 0.5) is 0 Å². The molecule has 3 rings (SSSR count). The highest BCUT2D eigenvalue weighted by Gasteiger charge is 2.48. The van der Waals surface area contributed by atoms with Crippen molar-refractivity contribution in [3.05, 3.63) is 42.5 Å². The first-order valence-corrected chi connectivity index (χ1v) is 7.06. The summed E-state index contributed by atoms with van der Waals surface area (Å²) in [5, 5.41) is 40.1. The number of carboxylic acids is 1. The van der Waals surface area contributed by atoms with Crippen molar-refractivity contribution in [3.8, 4) is 5.75 Å². The van der Waals surface area contributed by atoms with Crippen LogP contribution in [0.25, 0.3) is 10.8 Å². The minimum absolute atomic E-state index is 0.375. The molecule has 1 aliphatic heterocycles. The Labute approximate surface area is 131 Å². The van der Waals surface area contributed by atoms with Crippen LogP contribution in [0.3, 0.4) is 0 Å². The second-order valence-electron chi connectivity index (χ2n) is 5.33. The summed E-state index contributed by atoms with van der Waals surface area (Å²) in [7, 11) is 0. The first-order chi connectivity index (χ1) is 11.0. The van der Waals surface area contributed by atoms with Crippen molar-refractivity contribution in [1.82, 2.24) is 0 Å². The van der Waals surface area contributed by atoms with Crippen molar-refractivity contribution in [2.75, 3.05) is 0 Å². The van der Waals surface area contributed by atoms with Crippen molar-refractivity contribution >= 4 is 16.7 Å². The molecular weight excluding hydrogens is 304 g/mol. The third-order valence-corrected chi connectivity index (χ3v) is 3.81. The number of benzene rings is 2. The Morgan fingerprint density at radius 3 is 2.39 bits per heavy atom. The van der Waals surface area contributed by atoms with Crippen LogP contribution >= 0.6 is 0 Å². The van der Waals surface area contributed by atoms with E-state index in [2.05, 4.69) is 0 Å². The Hall–Kier alpha value is -2.19. The van der Waals surface area contributed by atoms with Gasteiger partial charge in [-0.1, -0.05) is 36.4 Å². The number of aliphatic hydroxyl groups is 3. The molecule has 0 aliphatic carbocycles. The van der Waals surface area contributed by atoms with Crippen LogP contribution in [0.15, 0.2) is 42.5 Å². The van der Waals surface area contributed by atoms with Crippen LogP contribution in [0, 0.1) is 0 Å². The number of hydrogen-bond donors (Lipinski definition) is 4. The minimum Gasteiger partial charge on any atom is -0.479 e. The largest absolute Gasteiger partial charge is 0.479 e. The van der Waals surface area contributed by atoms with E-state index < -0.39 is 36.7 Å². The topological polar surface area (TPSA) is 116 Å². The van der Waals surface area contributed by atoms with Gasteiger partial charge in [0.2, 0.25) is 6.29 Å². The maximum atomic E-state index is 11.1. The van der Waals surface area contributed by atoms with E-state index in [0.717, 1.165) is 10.8 Å². The lowest BCUT2D eigenvalue weighted by Crippen LogP contribution is -2.61. The van der Waals surface area contributed by atoms with Crippen LogP contribution in [0.1, 0.15) is 0 Å². The molecule has 1 aliphatic rings. The maximum Gasteiger partial charge on any atom is 0.335 e. The van der Waals surface area contributed by atoms with E-state index in [1.54, 1.807) is 18.2 Å². The van der Waals surface area contributed by atoms with E-state index in [1.165, 1.54) is 0 Å². The summed E-state index contributed by atoms with van der Waals surface area (Å²) in [6.07, 6.45) is -8.12. The number of rotatable bonds is 3. The molecule has 2 aromatic carbocycles. The third kappa shape index (κ3) is 2.87. The van der Waals surface area contributed by atoms with Gasteiger partial charge in [0.25, 0.3) is 0 Å². The van der Waals surface area contributed by atoms with E-state index in [-0.39, 0.29) is 0 Å². The SMILES string of the molecule is O=C(O)[C@@H]1O[C@@H](Oc2cccc3ccccc23)[C@H](O)[C@@H](O)[C@H]1O. The van der Waals surface area contributed by atoms with Crippen molar-refractivity contribution in [3.63, 3.8) is 0 Å². The Morgan fingerprint density at radius 2 is 1.65 bits per heavy atom. The lowest BCUT2D eigenvalue weighted by molar-refractivity contribution is -0.270. The zero-order valence-electron chi connectivity index (χ0n) is 11.9. The number of carboxylic acid groups (broad SMARTS) is 1. The first-order valence-electron chi connectivity index (χ1n) is 7.06. The number of ether oxygens (including phenoxy) is 2. The summed E-state index contributed by atoms with van der Waals surface area (Å²) >= 11 is 0. The van der Waals surface area contributed by atoms with Crippen molar-refractivity contribution in [1.29, 1.82) is 0 Å². The van der Waals surface area contributed by atoms with Gasteiger partial charge < -0.3 is 29.9 Å². The molecule has 0 radical (unpaired) electrons. The summed E-state index contributed by atoms with van der Waals surface area (Å²) in [6, 6.07) is 12.6. The van der Waals surface area contributed by atoms with E-state index in [4.69, 9.17) is 14.6 Å². The Bertz CT molecular complexity index is 711. The van der Waals surface area contributed by atoms with Gasteiger partial charge in [-0.25, -0.2) is 4.79 Å². The molecule has 5 atom stereocenters. The molecule has 0 saturated carbocycles. The quantitative estimate of drug-likeness (QED) is 0.634.